The van der Waals surface area contributed by atoms with Crippen molar-refractivity contribution in [3.8, 4) is 5.69 Å². The highest BCUT2D eigenvalue weighted by molar-refractivity contribution is 6.43. The van der Waals surface area contributed by atoms with Crippen LogP contribution in [0, 0.1) is 6.92 Å². The molecule has 2 rings (SSSR count). The first kappa shape index (κ1) is 14.5. The fraction of sp³-hybridized carbons (Fsp3) is 0.308. The first-order valence-electron chi connectivity index (χ1n) is 5.97. The molecule has 0 spiro atoms. The van der Waals surface area contributed by atoms with E-state index in [9.17, 15) is 0 Å². The second-order valence-corrected chi connectivity index (χ2v) is 5.44. The Morgan fingerprint density at radius 2 is 1.84 bits per heavy atom. The smallest absolute Gasteiger partial charge is 0.207 e. The topological polar surface area (TPSA) is 29.9 Å². The molecule has 1 aromatic heterocycles. The van der Waals surface area contributed by atoms with Gasteiger partial charge in [0.25, 0.3) is 0 Å². The molecule has 0 radical (unpaired) electrons. The van der Waals surface area contributed by atoms with Crippen molar-refractivity contribution in [3.05, 3.63) is 39.1 Å². The number of hydrogen-bond acceptors (Lipinski definition) is 2. The lowest BCUT2D eigenvalue weighted by Gasteiger charge is -2.11. The van der Waals surface area contributed by atoms with Crippen molar-refractivity contribution in [1.29, 1.82) is 0 Å². The molecule has 2 aromatic rings. The molecule has 6 heteroatoms. The Hall–Kier alpha value is -0.900. The van der Waals surface area contributed by atoms with Crippen LogP contribution in [0.2, 0.25) is 15.1 Å². The van der Waals surface area contributed by atoms with Gasteiger partial charge in [-0.25, -0.2) is 4.98 Å². The van der Waals surface area contributed by atoms with Crippen LogP contribution in [0.15, 0.2) is 18.3 Å². The second-order valence-electron chi connectivity index (χ2n) is 4.22. The van der Waals surface area contributed by atoms with E-state index in [4.69, 9.17) is 34.8 Å². The van der Waals surface area contributed by atoms with E-state index in [0.29, 0.717) is 15.1 Å². The number of hydrogen-bond donors (Lipinski definition) is 1. The fourth-order valence-electron chi connectivity index (χ4n) is 1.74. The van der Waals surface area contributed by atoms with Crippen molar-refractivity contribution >= 4 is 40.8 Å². The van der Waals surface area contributed by atoms with Crippen LogP contribution in [-0.4, -0.2) is 16.1 Å². The summed E-state index contributed by atoms with van der Waals surface area (Å²) in [4.78, 5) is 4.43. The molecule has 0 aliphatic carbocycles. The summed E-state index contributed by atoms with van der Waals surface area (Å²) in [5, 5.41) is 4.70. The molecule has 102 valence electrons. The third-order valence-corrected chi connectivity index (χ3v) is 3.63. The van der Waals surface area contributed by atoms with E-state index in [0.717, 1.165) is 30.3 Å². The monoisotopic (exact) mass is 317 g/mol. The number of rotatable bonds is 4. The van der Waals surface area contributed by atoms with Crippen LogP contribution in [0.1, 0.15) is 19.0 Å². The van der Waals surface area contributed by atoms with Gasteiger partial charge in [-0.1, -0.05) is 41.7 Å². The first-order valence-corrected chi connectivity index (χ1v) is 7.11. The van der Waals surface area contributed by atoms with Crippen LogP contribution in [0.25, 0.3) is 5.69 Å². The van der Waals surface area contributed by atoms with E-state index in [2.05, 4.69) is 17.2 Å². The van der Waals surface area contributed by atoms with E-state index >= 15 is 0 Å². The van der Waals surface area contributed by atoms with Crippen LogP contribution in [-0.2, 0) is 0 Å². The Kier molecular flexibility index (Phi) is 4.61. The van der Waals surface area contributed by atoms with E-state index in [1.165, 1.54) is 0 Å². The highest BCUT2D eigenvalue weighted by atomic mass is 35.5. The number of anilines is 1. The minimum Gasteiger partial charge on any atom is -0.355 e. The summed E-state index contributed by atoms with van der Waals surface area (Å²) in [5.74, 6) is 0.750. The Balaban J connectivity index is 2.49. The van der Waals surface area contributed by atoms with Gasteiger partial charge < -0.3 is 5.32 Å². The molecule has 0 bridgehead atoms. The molecule has 1 heterocycles. The lowest BCUT2D eigenvalue weighted by molar-refractivity contribution is 0.937. The highest BCUT2D eigenvalue weighted by Crippen LogP contribution is 2.32. The summed E-state index contributed by atoms with van der Waals surface area (Å²) in [6, 6.07) is 3.38. The third-order valence-electron chi connectivity index (χ3n) is 2.61. The number of imidazole rings is 1. The largest absolute Gasteiger partial charge is 0.355 e. The summed E-state index contributed by atoms with van der Waals surface area (Å²) in [5.41, 5.74) is 1.66. The number of halogens is 3. The van der Waals surface area contributed by atoms with Crippen molar-refractivity contribution in [3.63, 3.8) is 0 Å². The fourth-order valence-corrected chi connectivity index (χ4v) is 2.37. The molecule has 0 fully saturated rings. The SMILES string of the molecule is CCCNc1nc(C)cn1-c1cc(Cl)c(Cl)cc1Cl. The molecule has 0 aliphatic rings. The van der Waals surface area contributed by atoms with Crippen LogP contribution < -0.4 is 5.32 Å². The average Bonchev–Trinajstić information content (AvgIpc) is 2.72. The van der Waals surface area contributed by atoms with Gasteiger partial charge in [0.15, 0.2) is 0 Å². The minimum atomic E-state index is 0.440. The number of aromatic nitrogens is 2. The summed E-state index contributed by atoms with van der Waals surface area (Å²) < 4.78 is 1.88. The Bertz CT molecular complexity index is 593. The maximum Gasteiger partial charge on any atom is 0.207 e. The van der Waals surface area contributed by atoms with Gasteiger partial charge in [0.1, 0.15) is 0 Å². The summed E-state index contributed by atoms with van der Waals surface area (Å²) >= 11 is 18.2. The van der Waals surface area contributed by atoms with Gasteiger partial charge in [-0.15, -0.1) is 0 Å². The summed E-state index contributed by atoms with van der Waals surface area (Å²) in [7, 11) is 0. The summed E-state index contributed by atoms with van der Waals surface area (Å²) in [6.45, 7) is 4.87. The molecule has 19 heavy (non-hydrogen) atoms. The zero-order valence-electron chi connectivity index (χ0n) is 10.7. The van der Waals surface area contributed by atoms with Gasteiger partial charge in [-0.3, -0.25) is 4.57 Å². The highest BCUT2D eigenvalue weighted by Gasteiger charge is 2.12. The Morgan fingerprint density at radius 1 is 1.16 bits per heavy atom. The van der Waals surface area contributed by atoms with Crippen LogP contribution in [0.3, 0.4) is 0 Å². The Morgan fingerprint density at radius 3 is 2.53 bits per heavy atom. The maximum atomic E-state index is 6.23. The molecule has 3 nitrogen and oxygen atoms in total. The van der Waals surface area contributed by atoms with Crippen LogP contribution >= 0.6 is 34.8 Å². The number of nitrogens with one attached hydrogen (secondary N) is 1. The van der Waals surface area contributed by atoms with Crippen molar-refractivity contribution in [2.24, 2.45) is 0 Å². The van der Waals surface area contributed by atoms with Gasteiger partial charge in [-0.05, 0) is 25.5 Å². The quantitative estimate of drug-likeness (QED) is 0.807. The van der Waals surface area contributed by atoms with E-state index < -0.39 is 0 Å². The van der Waals surface area contributed by atoms with Crippen molar-refractivity contribution in [2.75, 3.05) is 11.9 Å². The molecule has 1 aromatic carbocycles. The predicted octanol–water partition coefficient (Wildman–Crippen LogP) is 4.96. The van der Waals surface area contributed by atoms with Crippen molar-refractivity contribution in [2.45, 2.75) is 20.3 Å². The predicted molar refractivity (Wildman–Crippen MR) is 82.1 cm³/mol. The zero-order chi connectivity index (χ0) is 14.0. The molecular formula is C13H14Cl3N3. The van der Waals surface area contributed by atoms with Crippen LogP contribution in [0.5, 0.6) is 0 Å². The second kappa shape index (κ2) is 6.04. The van der Waals surface area contributed by atoms with Crippen molar-refractivity contribution < 1.29 is 0 Å². The number of aryl methyl sites for hydroxylation is 1. The lowest BCUT2D eigenvalue weighted by atomic mass is 10.3. The van der Waals surface area contributed by atoms with Crippen LogP contribution in [0.4, 0.5) is 5.95 Å². The van der Waals surface area contributed by atoms with Gasteiger partial charge in [-0.2, -0.15) is 0 Å². The third kappa shape index (κ3) is 3.16. The van der Waals surface area contributed by atoms with Gasteiger partial charge in [0.2, 0.25) is 5.95 Å². The van der Waals surface area contributed by atoms with E-state index in [-0.39, 0.29) is 0 Å². The van der Waals surface area contributed by atoms with Crippen molar-refractivity contribution in [1.82, 2.24) is 9.55 Å². The minimum absolute atomic E-state index is 0.440. The first-order chi connectivity index (χ1) is 9.02. The van der Waals surface area contributed by atoms with E-state index in [1.54, 1.807) is 12.1 Å². The standard InChI is InChI=1S/C13H14Cl3N3/c1-3-4-17-13-18-8(2)7-19(13)12-6-10(15)9(14)5-11(12)16/h5-7H,3-4H2,1-2H3,(H,17,18). The maximum absolute atomic E-state index is 6.23. The molecule has 0 amide bonds. The molecule has 0 saturated carbocycles. The van der Waals surface area contributed by atoms with Gasteiger partial charge in [0, 0.05) is 12.7 Å². The van der Waals surface area contributed by atoms with Gasteiger partial charge in [0.05, 0.1) is 26.4 Å². The normalized spacial score (nSPS) is 10.8. The van der Waals surface area contributed by atoms with Gasteiger partial charge >= 0.3 is 0 Å². The van der Waals surface area contributed by atoms with E-state index in [1.807, 2.05) is 17.7 Å². The number of nitrogens with zero attached hydrogens (tertiary/aromatic N) is 2. The summed E-state index contributed by atoms with van der Waals surface area (Å²) in [6.07, 6.45) is 2.92. The molecular weight excluding hydrogens is 305 g/mol. The lowest BCUT2D eigenvalue weighted by Crippen LogP contribution is -2.07. The molecule has 0 unspecified atom stereocenters. The average molecular weight is 319 g/mol. The molecule has 1 N–H and O–H groups in total. The zero-order valence-corrected chi connectivity index (χ0v) is 12.9. The molecule has 0 saturated heterocycles. The number of benzene rings is 1. The Labute approximate surface area is 127 Å². The molecule has 0 atom stereocenters. The molecule has 0 aliphatic heterocycles.